The zero-order valence-electron chi connectivity index (χ0n) is 18.2. The second-order valence-electron chi connectivity index (χ2n) is 9.41. The molecule has 0 aromatic carbocycles. The predicted molar refractivity (Wildman–Crippen MR) is 113 cm³/mol. The van der Waals surface area contributed by atoms with Gasteiger partial charge in [0.15, 0.2) is 5.69 Å². The van der Waals surface area contributed by atoms with Gasteiger partial charge in [0.25, 0.3) is 12.1 Å². The number of amides is 1. The summed E-state index contributed by atoms with van der Waals surface area (Å²) in [6, 6.07) is 5.54. The fraction of sp³-hybridized carbons (Fsp3) is 0.435. The largest absolute Gasteiger partial charge is 0.342 e. The average Bonchev–Trinajstić information content (AvgIpc) is 3.26. The molecule has 3 atom stereocenters. The van der Waals surface area contributed by atoms with E-state index in [2.05, 4.69) is 36.1 Å². The summed E-state index contributed by atoms with van der Waals surface area (Å²) in [4.78, 5) is 27.7. The third kappa shape index (κ3) is 3.45. The van der Waals surface area contributed by atoms with Gasteiger partial charge in [-0.05, 0) is 36.3 Å². The molecule has 2 aliphatic carbocycles. The first kappa shape index (κ1) is 19.7. The summed E-state index contributed by atoms with van der Waals surface area (Å²) in [6.45, 7) is 6.30. The lowest BCUT2D eigenvalue weighted by atomic mass is 9.84. The summed E-state index contributed by atoms with van der Waals surface area (Å²) in [7, 11) is 1.59. The number of nitrogens with zero attached hydrogens (tertiary/aromatic N) is 5. The van der Waals surface area contributed by atoms with Crippen LogP contribution in [0, 0.1) is 11.3 Å². The molecular formula is C23H27N6O2+. The van der Waals surface area contributed by atoms with Crippen LogP contribution < -0.4 is 14.9 Å². The van der Waals surface area contributed by atoms with Crippen LogP contribution in [0.1, 0.15) is 66.6 Å². The van der Waals surface area contributed by atoms with E-state index in [9.17, 15) is 4.79 Å². The summed E-state index contributed by atoms with van der Waals surface area (Å²) >= 11 is 0. The smallest absolute Gasteiger partial charge is 0.272 e. The molecule has 3 heterocycles. The van der Waals surface area contributed by atoms with Crippen LogP contribution in [-0.4, -0.2) is 32.8 Å². The highest BCUT2D eigenvalue weighted by atomic mass is 16.6. The Morgan fingerprint density at radius 2 is 2.13 bits per heavy atom. The minimum absolute atomic E-state index is 0.169. The Labute approximate surface area is 181 Å². The molecule has 0 radical (unpaired) electrons. The van der Waals surface area contributed by atoms with Crippen LogP contribution in [0.4, 0.5) is 0 Å². The van der Waals surface area contributed by atoms with Gasteiger partial charge in [-0.2, -0.15) is 5.10 Å². The summed E-state index contributed by atoms with van der Waals surface area (Å²) < 4.78 is 3.40. The van der Waals surface area contributed by atoms with Crippen molar-refractivity contribution >= 4 is 5.91 Å². The van der Waals surface area contributed by atoms with Crippen LogP contribution in [0.15, 0.2) is 43.0 Å². The Kier molecular flexibility index (Phi) is 4.53. The van der Waals surface area contributed by atoms with E-state index in [1.165, 1.54) is 0 Å². The number of aromatic nitrogens is 5. The number of nitrogens with one attached hydrogen (secondary N) is 1. The van der Waals surface area contributed by atoms with E-state index in [-0.39, 0.29) is 17.4 Å². The van der Waals surface area contributed by atoms with Crippen molar-refractivity contribution in [2.45, 2.75) is 45.6 Å². The molecule has 31 heavy (non-hydrogen) atoms. The van der Waals surface area contributed by atoms with Gasteiger partial charge >= 0.3 is 0 Å². The van der Waals surface area contributed by atoms with Crippen LogP contribution in [0.3, 0.4) is 0 Å². The van der Waals surface area contributed by atoms with Gasteiger partial charge in [-0.1, -0.05) is 26.8 Å². The van der Waals surface area contributed by atoms with Gasteiger partial charge in [-0.15, -0.1) is 0 Å². The molecule has 160 valence electrons. The lowest BCUT2D eigenvalue weighted by molar-refractivity contribution is -0.885. The van der Waals surface area contributed by atoms with Crippen LogP contribution in [0.2, 0.25) is 0 Å². The number of hydrogen-bond donors (Lipinski definition) is 1. The minimum Gasteiger partial charge on any atom is -0.342 e. The predicted octanol–water partition coefficient (Wildman–Crippen LogP) is 2.18. The minimum atomic E-state index is -0.233. The first-order valence-electron chi connectivity index (χ1n) is 10.6. The first-order chi connectivity index (χ1) is 14.9. The van der Waals surface area contributed by atoms with Gasteiger partial charge in [0, 0.05) is 22.4 Å². The van der Waals surface area contributed by atoms with Crippen molar-refractivity contribution in [2.24, 2.45) is 11.3 Å². The van der Waals surface area contributed by atoms with Gasteiger partial charge < -0.3 is 5.32 Å². The van der Waals surface area contributed by atoms with Crippen molar-refractivity contribution < 1.29 is 14.4 Å². The Morgan fingerprint density at radius 3 is 2.84 bits per heavy atom. The maximum absolute atomic E-state index is 13.5. The highest BCUT2D eigenvalue weighted by Crippen LogP contribution is 2.57. The van der Waals surface area contributed by atoms with E-state index in [1.54, 1.807) is 36.6 Å². The van der Waals surface area contributed by atoms with E-state index in [0.29, 0.717) is 23.3 Å². The van der Waals surface area contributed by atoms with Crippen LogP contribution >= 0.6 is 0 Å². The lowest BCUT2D eigenvalue weighted by Crippen LogP contribution is -2.40. The number of hydrogen-bond acceptors (Lipinski definition) is 5. The van der Waals surface area contributed by atoms with E-state index < -0.39 is 0 Å². The highest BCUT2D eigenvalue weighted by Gasteiger charge is 2.50. The second kappa shape index (κ2) is 7.14. The molecule has 8 nitrogen and oxygen atoms in total. The summed E-state index contributed by atoms with van der Waals surface area (Å²) in [5.41, 5.74) is 3.28. The molecule has 5 rings (SSSR count). The van der Waals surface area contributed by atoms with Gasteiger partial charge in [-0.3, -0.25) is 14.6 Å². The molecule has 1 N–H and O–H groups in total. The summed E-state index contributed by atoms with van der Waals surface area (Å²) in [5.74, 6) is 1.54. The monoisotopic (exact) mass is 419 g/mol. The summed E-state index contributed by atoms with van der Waals surface area (Å²) in [6.07, 6.45) is 8.96. The van der Waals surface area contributed by atoms with Crippen molar-refractivity contribution in [3.63, 3.8) is 0 Å². The lowest BCUT2D eigenvalue weighted by Gasteiger charge is -2.30. The Hall–Kier alpha value is -3.29. The molecule has 8 heteroatoms. The molecule has 0 bridgehead atoms. The first-order valence-corrected chi connectivity index (χ1v) is 10.6. The highest BCUT2D eigenvalue weighted by molar-refractivity contribution is 5.94. The number of carbonyl (C=O) groups is 1. The van der Waals surface area contributed by atoms with Crippen LogP contribution in [0.5, 0.6) is 0 Å². The molecule has 2 aliphatic rings. The Balaban J connectivity index is 1.52. The molecular weight excluding hydrogens is 392 g/mol. The molecule has 1 amide bonds. The van der Waals surface area contributed by atoms with E-state index >= 15 is 0 Å². The third-order valence-electron chi connectivity index (χ3n) is 6.19. The molecule has 0 aliphatic heterocycles. The normalized spacial score (nSPS) is 20.0. The number of pyridine rings is 1. The van der Waals surface area contributed by atoms with Crippen molar-refractivity contribution in [3.8, 4) is 5.82 Å². The maximum Gasteiger partial charge on any atom is 0.272 e. The van der Waals surface area contributed by atoms with Gasteiger partial charge in [0.2, 0.25) is 12.0 Å². The van der Waals surface area contributed by atoms with E-state index in [0.717, 1.165) is 29.8 Å². The quantitative estimate of drug-likeness (QED) is 0.641. The van der Waals surface area contributed by atoms with Gasteiger partial charge in [-0.25, -0.2) is 9.67 Å². The molecule has 0 saturated heterocycles. The van der Waals surface area contributed by atoms with Crippen molar-refractivity contribution in [3.05, 3.63) is 65.6 Å². The van der Waals surface area contributed by atoms with Crippen molar-refractivity contribution in [1.82, 2.24) is 25.1 Å². The Morgan fingerprint density at radius 1 is 1.29 bits per heavy atom. The van der Waals surface area contributed by atoms with Crippen LogP contribution in [0.25, 0.3) is 5.82 Å². The second-order valence-corrected chi connectivity index (χ2v) is 9.41. The molecule has 1 saturated carbocycles. The average molecular weight is 420 g/mol. The number of carbonyl (C=O) groups excluding carboxylic acids is 1. The molecule has 3 aromatic rings. The maximum atomic E-state index is 13.5. The zero-order chi connectivity index (χ0) is 21.8. The fourth-order valence-corrected chi connectivity index (χ4v) is 4.54. The SMILES string of the molecule is CO[n+]1ccnc(-n2nc(C(=O)N[C@H](c3ccccn3)C(C)(C)C)c3c2[C@H]2C[C@H]2C3)c1. The number of fused-ring (bicyclic) bond motifs is 3. The number of rotatable bonds is 5. The third-order valence-corrected chi connectivity index (χ3v) is 6.19. The van der Waals surface area contributed by atoms with Gasteiger partial charge in [0.1, 0.15) is 7.11 Å². The topological polar surface area (TPSA) is 85.8 Å². The molecule has 1 fully saturated rings. The van der Waals surface area contributed by atoms with E-state index in [1.807, 2.05) is 22.9 Å². The molecule has 3 aromatic heterocycles. The van der Waals surface area contributed by atoms with Crippen molar-refractivity contribution in [2.75, 3.05) is 7.11 Å². The van der Waals surface area contributed by atoms with Crippen molar-refractivity contribution in [1.29, 1.82) is 0 Å². The summed E-state index contributed by atoms with van der Waals surface area (Å²) in [5, 5.41) is 7.94. The molecule has 0 spiro atoms. The zero-order valence-corrected chi connectivity index (χ0v) is 18.2. The standard InChI is InChI=1S/C23H26N6O2/c1-23(2,3)21(17-7-5-6-8-24-17)26-22(30)19-16-12-14-11-15(14)20(16)29(27-19)18-13-28(31-4)10-9-25-18/h5-10,13-15,21H,11-12H2,1-4H3/p+1/t14-,15-,21+/m0/s1. The molecule has 0 unspecified atom stereocenters. The van der Waals surface area contributed by atoms with E-state index in [4.69, 9.17) is 9.94 Å². The Bertz CT molecular complexity index is 1130. The van der Waals surface area contributed by atoms with Crippen LogP contribution in [-0.2, 0) is 6.42 Å². The fourth-order valence-electron chi connectivity index (χ4n) is 4.54. The van der Waals surface area contributed by atoms with Gasteiger partial charge in [0.05, 0.1) is 23.6 Å².